The van der Waals surface area contributed by atoms with Gasteiger partial charge in [-0.1, -0.05) is 54.6 Å². The molecule has 0 unspecified atom stereocenters. The number of hydrogen-bond acceptors (Lipinski definition) is 4. The van der Waals surface area contributed by atoms with Gasteiger partial charge in [0.05, 0.1) is 11.1 Å². The van der Waals surface area contributed by atoms with Crippen molar-refractivity contribution in [1.29, 1.82) is 0 Å². The van der Waals surface area contributed by atoms with Crippen LogP contribution in [0.5, 0.6) is 0 Å². The number of amides is 1. The minimum atomic E-state index is -1.08. The molecule has 3 N–H and O–H groups in total. The number of nitrogens with zero attached hydrogens (tertiary/aromatic N) is 1. The summed E-state index contributed by atoms with van der Waals surface area (Å²) in [7, 11) is 0. The van der Waals surface area contributed by atoms with Crippen molar-refractivity contribution < 1.29 is 19.4 Å². The zero-order chi connectivity index (χ0) is 20.7. The van der Waals surface area contributed by atoms with Gasteiger partial charge in [0.25, 0.3) is 0 Å². The number of carboxylic acids is 1. The number of anilines is 1. The lowest BCUT2D eigenvalue weighted by molar-refractivity contribution is 0.0698. The number of aromatic carboxylic acids is 1. The molecule has 0 spiro atoms. The van der Waals surface area contributed by atoms with Crippen LogP contribution >= 0.6 is 0 Å². The van der Waals surface area contributed by atoms with E-state index in [9.17, 15) is 14.7 Å². The molecule has 4 aromatic rings. The summed E-state index contributed by atoms with van der Waals surface area (Å²) in [5.74, 6) is -0.992. The van der Waals surface area contributed by atoms with Gasteiger partial charge in [-0.15, -0.1) is 0 Å². The Morgan fingerprint density at radius 1 is 0.967 bits per heavy atom. The van der Waals surface area contributed by atoms with Gasteiger partial charge in [0.1, 0.15) is 12.1 Å². The van der Waals surface area contributed by atoms with Crippen LogP contribution in [0, 0.1) is 0 Å². The number of H-pyrrole nitrogens is 1. The van der Waals surface area contributed by atoms with Crippen molar-refractivity contribution in [3.8, 4) is 11.1 Å². The summed E-state index contributed by atoms with van der Waals surface area (Å²) in [5, 5.41) is 11.8. The highest BCUT2D eigenvalue weighted by Crippen LogP contribution is 2.44. The van der Waals surface area contributed by atoms with Crippen LogP contribution in [0.2, 0.25) is 0 Å². The Morgan fingerprint density at radius 3 is 2.30 bits per heavy atom. The third-order valence-corrected chi connectivity index (χ3v) is 5.31. The van der Waals surface area contributed by atoms with Crippen LogP contribution in [-0.2, 0) is 4.74 Å². The predicted octanol–water partition coefficient (Wildman–Crippen LogP) is 4.62. The van der Waals surface area contributed by atoms with E-state index < -0.39 is 12.1 Å². The molecule has 0 atom stereocenters. The number of carbonyl (C=O) groups excluding carboxylic acids is 1. The molecule has 1 aromatic heterocycles. The fourth-order valence-electron chi connectivity index (χ4n) is 4.00. The molecule has 0 aliphatic heterocycles. The number of carbonyl (C=O) groups is 2. The predicted molar refractivity (Wildman–Crippen MR) is 112 cm³/mol. The minimum Gasteiger partial charge on any atom is -0.478 e. The Morgan fingerprint density at radius 2 is 1.63 bits per heavy atom. The number of fused-ring (bicyclic) bond motifs is 4. The number of aromatic amines is 1. The monoisotopic (exact) mass is 399 g/mol. The van der Waals surface area contributed by atoms with Crippen LogP contribution in [0.15, 0.2) is 66.7 Å². The zero-order valence-electron chi connectivity index (χ0n) is 15.8. The van der Waals surface area contributed by atoms with Crippen LogP contribution in [0.25, 0.3) is 22.2 Å². The topological polar surface area (TPSA) is 104 Å². The number of aromatic nitrogens is 2. The van der Waals surface area contributed by atoms with E-state index in [0.29, 0.717) is 5.52 Å². The first kappa shape index (κ1) is 17.9. The number of nitrogens with one attached hydrogen (secondary N) is 2. The summed E-state index contributed by atoms with van der Waals surface area (Å²) in [5.41, 5.74) is 5.41. The molecular formula is C23H17N3O4. The summed E-state index contributed by atoms with van der Waals surface area (Å²) < 4.78 is 5.49. The highest BCUT2D eigenvalue weighted by atomic mass is 16.5. The Labute approximate surface area is 171 Å². The first-order valence-electron chi connectivity index (χ1n) is 9.46. The highest BCUT2D eigenvalue weighted by molar-refractivity contribution is 6.02. The SMILES string of the molecule is O=C(Nc1nc2c(C(=O)O)cccc2[nH]1)OCC1c2ccccc2-c2ccccc21. The zero-order valence-corrected chi connectivity index (χ0v) is 15.8. The Hall–Kier alpha value is -4.13. The standard InChI is InChI=1S/C23H17N3O4/c27-21(28)17-10-5-11-19-20(17)25-22(24-19)26-23(29)30-12-18-15-8-3-1-6-13(15)14-7-2-4-9-16(14)18/h1-11,18H,12H2,(H,27,28)(H2,24,25,26,29). The number of rotatable bonds is 4. The highest BCUT2D eigenvalue weighted by Gasteiger charge is 2.29. The van der Waals surface area contributed by atoms with E-state index in [1.165, 1.54) is 6.07 Å². The van der Waals surface area contributed by atoms with E-state index in [0.717, 1.165) is 22.3 Å². The Bertz CT molecular complexity index is 1250. The maximum atomic E-state index is 12.4. The fourth-order valence-corrected chi connectivity index (χ4v) is 4.00. The van der Waals surface area contributed by atoms with Gasteiger partial charge in [-0.3, -0.25) is 5.32 Å². The smallest absolute Gasteiger partial charge is 0.414 e. The molecule has 1 amide bonds. The van der Waals surface area contributed by atoms with Crippen molar-refractivity contribution in [3.63, 3.8) is 0 Å². The van der Waals surface area contributed by atoms with Crippen molar-refractivity contribution >= 4 is 29.0 Å². The van der Waals surface area contributed by atoms with E-state index in [1.54, 1.807) is 12.1 Å². The van der Waals surface area contributed by atoms with Gasteiger partial charge in [-0.25, -0.2) is 14.6 Å². The van der Waals surface area contributed by atoms with Crippen molar-refractivity contribution in [1.82, 2.24) is 9.97 Å². The van der Waals surface area contributed by atoms with Crippen molar-refractivity contribution in [3.05, 3.63) is 83.4 Å². The summed E-state index contributed by atoms with van der Waals surface area (Å²) in [4.78, 5) is 30.8. The lowest BCUT2D eigenvalue weighted by atomic mass is 9.98. The molecule has 30 heavy (non-hydrogen) atoms. The van der Waals surface area contributed by atoms with Gasteiger partial charge in [0.15, 0.2) is 0 Å². The second-order valence-corrected chi connectivity index (χ2v) is 7.04. The molecule has 7 heteroatoms. The van der Waals surface area contributed by atoms with Gasteiger partial charge < -0.3 is 14.8 Å². The number of ether oxygens (including phenoxy) is 1. The average Bonchev–Trinajstić information content (AvgIpc) is 3.30. The molecule has 7 nitrogen and oxygen atoms in total. The molecule has 0 radical (unpaired) electrons. The lowest BCUT2D eigenvalue weighted by Gasteiger charge is -2.14. The van der Waals surface area contributed by atoms with Crippen LogP contribution in [0.1, 0.15) is 27.4 Å². The lowest BCUT2D eigenvalue weighted by Crippen LogP contribution is -2.18. The molecule has 1 aliphatic rings. The fraction of sp³-hybridized carbons (Fsp3) is 0.0870. The van der Waals surface area contributed by atoms with E-state index in [2.05, 4.69) is 27.4 Å². The minimum absolute atomic E-state index is 0.0440. The van der Waals surface area contributed by atoms with Crippen LogP contribution < -0.4 is 5.32 Å². The quantitative estimate of drug-likeness (QED) is 0.464. The van der Waals surface area contributed by atoms with Crippen LogP contribution in [-0.4, -0.2) is 33.7 Å². The molecule has 0 bridgehead atoms. The molecule has 1 aliphatic carbocycles. The van der Waals surface area contributed by atoms with Crippen LogP contribution in [0.4, 0.5) is 10.7 Å². The van der Waals surface area contributed by atoms with E-state index in [1.807, 2.05) is 36.4 Å². The third-order valence-electron chi connectivity index (χ3n) is 5.31. The van der Waals surface area contributed by atoms with Crippen molar-refractivity contribution in [2.45, 2.75) is 5.92 Å². The number of imidazole rings is 1. The summed E-state index contributed by atoms with van der Waals surface area (Å²) in [6, 6.07) is 21.0. The maximum absolute atomic E-state index is 12.4. The molecule has 1 heterocycles. The number of hydrogen-bond donors (Lipinski definition) is 3. The first-order valence-corrected chi connectivity index (χ1v) is 9.46. The van der Waals surface area contributed by atoms with Crippen molar-refractivity contribution in [2.75, 3.05) is 11.9 Å². The number of para-hydroxylation sites is 1. The second-order valence-electron chi connectivity index (χ2n) is 7.04. The first-order chi connectivity index (χ1) is 14.6. The van der Waals surface area contributed by atoms with Gasteiger partial charge in [-0.05, 0) is 34.4 Å². The largest absolute Gasteiger partial charge is 0.478 e. The van der Waals surface area contributed by atoms with E-state index in [4.69, 9.17) is 4.74 Å². The van der Waals surface area contributed by atoms with Gasteiger partial charge in [0, 0.05) is 5.92 Å². The molecule has 148 valence electrons. The Balaban J connectivity index is 1.33. The normalized spacial score (nSPS) is 12.4. The maximum Gasteiger partial charge on any atom is 0.414 e. The van der Waals surface area contributed by atoms with E-state index in [-0.39, 0.29) is 29.6 Å². The van der Waals surface area contributed by atoms with Crippen molar-refractivity contribution in [2.24, 2.45) is 0 Å². The Kier molecular flexibility index (Phi) is 4.21. The van der Waals surface area contributed by atoms with E-state index >= 15 is 0 Å². The van der Waals surface area contributed by atoms with Crippen LogP contribution in [0.3, 0.4) is 0 Å². The average molecular weight is 399 g/mol. The van der Waals surface area contributed by atoms with Gasteiger partial charge in [0.2, 0.25) is 5.95 Å². The van der Waals surface area contributed by atoms with Gasteiger partial charge >= 0.3 is 12.1 Å². The molecule has 5 rings (SSSR count). The summed E-state index contributed by atoms with van der Waals surface area (Å²) >= 11 is 0. The molecule has 0 saturated carbocycles. The number of carboxylic acid groups (broad SMARTS) is 1. The number of benzene rings is 3. The van der Waals surface area contributed by atoms with Gasteiger partial charge in [-0.2, -0.15) is 0 Å². The third kappa shape index (κ3) is 2.97. The molecule has 0 saturated heterocycles. The molecule has 3 aromatic carbocycles. The summed E-state index contributed by atoms with van der Waals surface area (Å²) in [6.07, 6.45) is -0.659. The summed E-state index contributed by atoms with van der Waals surface area (Å²) in [6.45, 7) is 0.181. The second kappa shape index (κ2) is 7.04. The molecular weight excluding hydrogens is 382 g/mol. The molecule has 0 fully saturated rings.